The van der Waals surface area contributed by atoms with Gasteiger partial charge in [0.05, 0.1) is 17.7 Å². The molecule has 0 saturated carbocycles. The number of hydrogen-bond donors (Lipinski definition) is 2. The number of esters is 2. The largest absolute Gasteiger partial charge is 0.449 e. The smallest absolute Gasteiger partial charge is 0.339 e. The summed E-state index contributed by atoms with van der Waals surface area (Å²) in [5.74, 6) is -2.95. The van der Waals surface area contributed by atoms with Crippen LogP contribution in [-0.2, 0) is 23.9 Å². The first-order chi connectivity index (χ1) is 11.8. The van der Waals surface area contributed by atoms with Gasteiger partial charge < -0.3 is 20.3 Å². The second-order valence-corrected chi connectivity index (χ2v) is 5.13. The number of carbonyl (C=O) groups is 4. The van der Waals surface area contributed by atoms with E-state index in [1.54, 1.807) is 18.2 Å². The van der Waals surface area contributed by atoms with Crippen LogP contribution in [0.2, 0.25) is 0 Å². The van der Waals surface area contributed by atoms with E-state index in [4.69, 9.17) is 15.6 Å². The Morgan fingerprint density at radius 2 is 1.68 bits per heavy atom. The lowest BCUT2D eigenvalue weighted by Gasteiger charge is -2.17. The Labute approximate surface area is 144 Å². The monoisotopic (exact) mass is 346 g/mol. The second-order valence-electron chi connectivity index (χ2n) is 5.13. The van der Waals surface area contributed by atoms with Crippen molar-refractivity contribution in [2.24, 2.45) is 0 Å². The van der Waals surface area contributed by atoms with Crippen molar-refractivity contribution in [1.29, 1.82) is 10.8 Å². The van der Waals surface area contributed by atoms with Crippen molar-refractivity contribution in [1.82, 2.24) is 0 Å². The minimum Gasteiger partial charge on any atom is -0.449 e. The first-order valence-corrected chi connectivity index (χ1v) is 7.30. The molecule has 2 atom stereocenters. The quantitative estimate of drug-likeness (QED) is 0.512. The summed E-state index contributed by atoms with van der Waals surface area (Å²) in [6.45, 7) is 2.21. The maximum atomic E-state index is 12.0. The van der Waals surface area contributed by atoms with Crippen molar-refractivity contribution in [3.05, 3.63) is 35.9 Å². The fourth-order valence-corrected chi connectivity index (χ4v) is 1.90. The van der Waals surface area contributed by atoms with Crippen LogP contribution in [0.4, 0.5) is 0 Å². The Kier molecular flexibility index (Phi) is 7.33. The van der Waals surface area contributed by atoms with Crippen LogP contribution in [0.3, 0.4) is 0 Å². The highest BCUT2D eigenvalue weighted by Gasteiger charge is 2.29. The van der Waals surface area contributed by atoms with Crippen molar-refractivity contribution < 1.29 is 28.7 Å². The SMILES string of the molecule is CC(=O)OC(C=N)C(=O)CC(=N)C(OC(=O)c1ccccc1)C(C)=O. The zero-order valence-corrected chi connectivity index (χ0v) is 13.8. The van der Waals surface area contributed by atoms with Gasteiger partial charge in [0.25, 0.3) is 0 Å². The summed E-state index contributed by atoms with van der Waals surface area (Å²) in [6, 6.07) is 7.90. The molecular formula is C17H18N2O6. The molecule has 0 amide bonds. The van der Waals surface area contributed by atoms with Crippen LogP contribution in [0.1, 0.15) is 30.6 Å². The van der Waals surface area contributed by atoms with E-state index >= 15 is 0 Å². The molecule has 8 nitrogen and oxygen atoms in total. The molecular weight excluding hydrogens is 328 g/mol. The highest BCUT2D eigenvalue weighted by molar-refractivity contribution is 6.16. The summed E-state index contributed by atoms with van der Waals surface area (Å²) < 4.78 is 9.66. The predicted octanol–water partition coefficient (Wildman–Crippen LogP) is 1.36. The third-order valence-corrected chi connectivity index (χ3v) is 3.05. The van der Waals surface area contributed by atoms with Crippen LogP contribution < -0.4 is 0 Å². The molecule has 0 radical (unpaired) electrons. The van der Waals surface area contributed by atoms with Gasteiger partial charge in [-0.25, -0.2) is 4.79 Å². The molecule has 0 bridgehead atoms. The van der Waals surface area contributed by atoms with Crippen LogP contribution >= 0.6 is 0 Å². The number of nitrogens with one attached hydrogen (secondary N) is 2. The third kappa shape index (κ3) is 6.09. The van der Waals surface area contributed by atoms with E-state index in [-0.39, 0.29) is 5.56 Å². The van der Waals surface area contributed by atoms with Gasteiger partial charge in [0, 0.05) is 13.1 Å². The summed E-state index contributed by atoms with van der Waals surface area (Å²) in [4.78, 5) is 46.6. The molecule has 1 aromatic rings. The van der Waals surface area contributed by atoms with E-state index < -0.39 is 47.8 Å². The summed E-state index contributed by atoms with van der Waals surface area (Å²) >= 11 is 0. The molecule has 0 heterocycles. The lowest BCUT2D eigenvalue weighted by Crippen LogP contribution is -2.37. The van der Waals surface area contributed by atoms with Crippen molar-refractivity contribution in [3.63, 3.8) is 0 Å². The Morgan fingerprint density at radius 3 is 2.16 bits per heavy atom. The van der Waals surface area contributed by atoms with Gasteiger partial charge >= 0.3 is 11.9 Å². The van der Waals surface area contributed by atoms with Crippen LogP contribution in [0, 0.1) is 10.8 Å². The minimum atomic E-state index is -1.53. The van der Waals surface area contributed by atoms with Gasteiger partial charge in [0.1, 0.15) is 0 Å². The van der Waals surface area contributed by atoms with Crippen molar-refractivity contribution in [3.8, 4) is 0 Å². The van der Waals surface area contributed by atoms with Crippen LogP contribution in [0.5, 0.6) is 0 Å². The average Bonchev–Trinajstić information content (AvgIpc) is 2.57. The first kappa shape index (κ1) is 19.9. The molecule has 0 aliphatic heterocycles. The van der Waals surface area contributed by atoms with E-state index in [1.807, 2.05) is 0 Å². The zero-order chi connectivity index (χ0) is 19.0. The van der Waals surface area contributed by atoms with Gasteiger partial charge in [-0.05, 0) is 19.1 Å². The Morgan fingerprint density at radius 1 is 1.08 bits per heavy atom. The molecule has 0 spiro atoms. The highest BCUT2D eigenvalue weighted by Crippen LogP contribution is 2.09. The van der Waals surface area contributed by atoms with Gasteiger partial charge in [-0.1, -0.05) is 18.2 Å². The predicted molar refractivity (Wildman–Crippen MR) is 88.0 cm³/mol. The lowest BCUT2D eigenvalue weighted by molar-refractivity contribution is -0.148. The molecule has 0 saturated heterocycles. The number of ketones is 2. The highest BCUT2D eigenvalue weighted by atomic mass is 16.6. The molecule has 2 N–H and O–H groups in total. The lowest BCUT2D eigenvalue weighted by atomic mass is 10.0. The Hall–Kier alpha value is -3.16. The van der Waals surface area contributed by atoms with E-state index in [1.165, 1.54) is 12.1 Å². The standard InChI is InChI=1S/C17H18N2O6/c1-10(20)16(25-17(23)12-6-4-3-5-7-12)13(19)8-14(22)15(9-18)24-11(2)21/h3-7,9,15-16,18-19H,8H2,1-2H3. The molecule has 1 rings (SSSR count). The normalized spacial score (nSPS) is 12.4. The molecule has 132 valence electrons. The fraction of sp³-hybridized carbons (Fsp3) is 0.294. The van der Waals surface area contributed by atoms with E-state index in [2.05, 4.69) is 4.74 Å². The topological polar surface area (TPSA) is 134 Å². The van der Waals surface area contributed by atoms with Gasteiger partial charge in [-0.2, -0.15) is 0 Å². The summed E-state index contributed by atoms with van der Waals surface area (Å²) in [6.07, 6.45) is -2.95. The van der Waals surface area contributed by atoms with Crippen LogP contribution in [0.15, 0.2) is 30.3 Å². The van der Waals surface area contributed by atoms with Gasteiger partial charge in [-0.15, -0.1) is 0 Å². The zero-order valence-electron chi connectivity index (χ0n) is 13.8. The number of Topliss-reactive ketones (excluding diaryl/α,β-unsaturated/α-hetero) is 2. The summed E-state index contributed by atoms with van der Waals surface area (Å²) in [7, 11) is 0. The molecule has 25 heavy (non-hydrogen) atoms. The first-order valence-electron chi connectivity index (χ1n) is 7.30. The van der Waals surface area contributed by atoms with E-state index in [0.29, 0.717) is 6.21 Å². The van der Waals surface area contributed by atoms with E-state index in [0.717, 1.165) is 13.8 Å². The molecule has 0 aromatic heterocycles. The third-order valence-electron chi connectivity index (χ3n) is 3.05. The minimum absolute atomic E-state index is 0.199. The van der Waals surface area contributed by atoms with Gasteiger partial charge in [0.2, 0.25) is 0 Å². The van der Waals surface area contributed by atoms with Gasteiger partial charge in [0.15, 0.2) is 23.8 Å². The molecule has 8 heteroatoms. The van der Waals surface area contributed by atoms with Crippen LogP contribution in [-0.4, -0.2) is 47.6 Å². The molecule has 2 unspecified atom stereocenters. The van der Waals surface area contributed by atoms with E-state index in [9.17, 15) is 19.2 Å². The van der Waals surface area contributed by atoms with Crippen molar-refractivity contribution >= 4 is 35.4 Å². The number of carbonyl (C=O) groups excluding carboxylic acids is 4. The maximum Gasteiger partial charge on any atom is 0.339 e. The Bertz CT molecular complexity index is 698. The number of hydrogen-bond acceptors (Lipinski definition) is 8. The van der Waals surface area contributed by atoms with Crippen molar-refractivity contribution in [2.45, 2.75) is 32.5 Å². The van der Waals surface area contributed by atoms with Crippen LogP contribution in [0.25, 0.3) is 0 Å². The maximum absolute atomic E-state index is 12.0. The summed E-state index contributed by atoms with van der Waals surface area (Å²) in [5, 5.41) is 15.0. The molecule has 0 fully saturated rings. The number of benzene rings is 1. The second kappa shape index (κ2) is 9.21. The molecule has 0 aliphatic carbocycles. The number of ether oxygens (including phenoxy) is 2. The molecule has 0 aliphatic rings. The fourth-order valence-electron chi connectivity index (χ4n) is 1.90. The Balaban J connectivity index is 2.81. The average molecular weight is 346 g/mol. The molecule has 1 aromatic carbocycles. The van der Waals surface area contributed by atoms with Crippen molar-refractivity contribution in [2.75, 3.05) is 0 Å². The summed E-state index contributed by atoms with van der Waals surface area (Å²) in [5.41, 5.74) is -0.258. The number of rotatable bonds is 9. The van der Waals surface area contributed by atoms with Gasteiger partial charge in [-0.3, -0.25) is 14.4 Å².